The Bertz CT molecular complexity index is 1170. The Hall–Kier alpha value is -3.20. The minimum atomic E-state index is -3.67. The number of morpholine rings is 1. The van der Waals surface area contributed by atoms with Crippen LogP contribution in [0.5, 0.6) is 0 Å². The van der Waals surface area contributed by atoms with E-state index in [0.29, 0.717) is 25.3 Å². The lowest BCUT2D eigenvalue weighted by molar-refractivity contribution is -0.385. The molecule has 14 heteroatoms. The second-order valence-electron chi connectivity index (χ2n) is 8.53. The number of anilines is 2. The predicted octanol–water partition coefficient (Wildman–Crippen LogP) is 1.75. The highest BCUT2D eigenvalue weighted by atomic mass is 32.2. The fourth-order valence-electron chi connectivity index (χ4n) is 4.40. The number of carbonyl (C=O) groups is 1. The van der Waals surface area contributed by atoms with E-state index in [9.17, 15) is 23.3 Å². The van der Waals surface area contributed by atoms with Crippen LogP contribution in [-0.4, -0.2) is 73.5 Å². The average Bonchev–Trinajstić information content (AvgIpc) is 2.89. The largest absolute Gasteiger partial charge is 0.458 e. The molecule has 0 aliphatic carbocycles. The Morgan fingerprint density at radius 2 is 1.92 bits per heavy atom. The van der Waals surface area contributed by atoms with Crippen LogP contribution in [0.1, 0.15) is 31.1 Å². The van der Waals surface area contributed by atoms with Gasteiger partial charge in [-0.3, -0.25) is 14.9 Å². The number of nitrogens with one attached hydrogen (secondary N) is 2. The van der Waals surface area contributed by atoms with Crippen LogP contribution in [0, 0.1) is 16.0 Å². The summed E-state index contributed by atoms with van der Waals surface area (Å²) in [5.74, 6) is 0.140. The maximum Gasteiger partial charge on any atom is 0.336 e. The molecule has 1 aromatic heterocycles. The summed E-state index contributed by atoms with van der Waals surface area (Å²) in [6, 6.07) is 5.87. The summed E-state index contributed by atoms with van der Waals surface area (Å²) in [5.41, 5.74) is 0.00725. The number of piperidine rings is 1. The van der Waals surface area contributed by atoms with E-state index in [2.05, 4.69) is 20.6 Å². The summed E-state index contributed by atoms with van der Waals surface area (Å²) in [7, 11) is -3.67. The van der Waals surface area contributed by atoms with Gasteiger partial charge in [-0.1, -0.05) is 0 Å². The summed E-state index contributed by atoms with van der Waals surface area (Å²) in [4.78, 5) is 30.8. The molecule has 13 nitrogen and oxygen atoms in total. The van der Waals surface area contributed by atoms with E-state index in [4.69, 9.17) is 9.47 Å². The number of aromatic nitrogens is 2. The van der Waals surface area contributed by atoms with Gasteiger partial charge in [0.15, 0.2) is 11.8 Å². The number of nitrogens with zero attached hydrogens (tertiary/aromatic N) is 4. The molecule has 1 aromatic carbocycles. The molecule has 1 unspecified atom stereocenters. The van der Waals surface area contributed by atoms with Gasteiger partial charge in [0.2, 0.25) is 15.8 Å². The topological polar surface area (TPSA) is 166 Å². The third kappa shape index (κ3) is 5.95. The van der Waals surface area contributed by atoms with E-state index in [1.54, 1.807) is 0 Å². The van der Waals surface area contributed by atoms with Crippen molar-refractivity contribution >= 4 is 33.7 Å². The van der Waals surface area contributed by atoms with Crippen molar-refractivity contribution < 1.29 is 27.6 Å². The first-order chi connectivity index (χ1) is 17.4. The van der Waals surface area contributed by atoms with E-state index < -0.39 is 26.7 Å². The zero-order valence-electron chi connectivity index (χ0n) is 19.5. The predicted molar refractivity (Wildman–Crippen MR) is 128 cm³/mol. The summed E-state index contributed by atoms with van der Waals surface area (Å²) >= 11 is 0. The lowest BCUT2D eigenvalue weighted by Crippen LogP contribution is -2.40. The molecule has 194 valence electrons. The lowest BCUT2D eigenvalue weighted by atomic mass is 9.90. The molecular formula is C22H28N6O7S. The van der Waals surface area contributed by atoms with Crippen LogP contribution in [0.4, 0.5) is 17.2 Å². The normalized spacial score (nSPS) is 18.3. The highest BCUT2D eigenvalue weighted by Gasteiger charge is 2.32. The van der Waals surface area contributed by atoms with Gasteiger partial charge in [-0.05, 0) is 62.5 Å². The van der Waals surface area contributed by atoms with E-state index in [0.717, 1.165) is 25.9 Å². The van der Waals surface area contributed by atoms with Gasteiger partial charge in [0.25, 0.3) is 6.47 Å². The molecule has 2 aliphatic heterocycles. The number of sulfonamides is 1. The number of rotatable bonds is 10. The highest BCUT2D eigenvalue weighted by Crippen LogP contribution is 2.37. The smallest absolute Gasteiger partial charge is 0.336 e. The molecule has 0 saturated carbocycles. The number of carbonyl (C=O) groups excluding carboxylic acids is 1. The first-order valence-corrected chi connectivity index (χ1v) is 13.1. The zero-order chi connectivity index (χ0) is 25.5. The number of hydrogen-bond acceptors (Lipinski definition) is 11. The second kappa shape index (κ2) is 11.7. The summed E-state index contributed by atoms with van der Waals surface area (Å²) < 4.78 is 37.5. The van der Waals surface area contributed by atoms with Gasteiger partial charge < -0.3 is 20.1 Å². The van der Waals surface area contributed by atoms with Gasteiger partial charge >= 0.3 is 5.69 Å². The minimum Gasteiger partial charge on any atom is -0.458 e. The van der Waals surface area contributed by atoms with E-state index in [1.807, 2.05) is 0 Å². The molecule has 2 fully saturated rings. The van der Waals surface area contributed by atoms with E-state index in [1.165, 1.54) is 34.9 Å². The molecule has 2 saturated heterocycles. The number of nitro groups is 1. The SMILES string of the molecule is O=COC(CC1CCNCC1)c1ncnc(Nc2ccc(S(=O)(=O)N3CCOCC3)cc2)c1[N+](=O)[O-]. The molecular weight excluding hydrogens is 492 g/mol. The molecule has 2 aliphatic rings. The van der Waals surface area contributed by atoms with Crippen molar-refractivity contribution in [1.29, 1.82) is 0 Å². The molecule has 36 heavy (non-hydrogen) atoms. The van der Waals surface area contributed by atoms with Crippen LogP contribution in [0.25, 0.3) is 0 Å². The van der Waals surface area contributed by atoms with Crippen LogP contribution < -0.4 is 10.6 Å². The molecule has 1 atom stereocenters. The standard InChI is InChI=1S/C22H28N6O7S/c29-15-35-19(13-16-5-7-23-8-6-16)20-21(28(30)31)22(25-14-24-20)26-17-1-3-18(4-2-17)36(32,33)27-9-11-34-12-10-27/h1-4,14-16,19,23H,5-13H2,(H,24,25,26). The summed E-state index contributed by atoms with van der Waals surface area (Å²) in [5, 5.41) is 18.2. The minimum absolute atomic E-state index is 0.00893. The first-order valence-electron chi connectivity index (χ1n) is 11.6. The number of benzene rings is 1. The fraction of sp³-hybridized carbons (Fsp3) is 0.500. The monoisotopic (exact) mass is 520 g/mol. The van der Waals surface area contributed by atoms with Crippen LogP contribution in [0.3, 0.4) is 0 Å². The van der Waals surface area contributed by atoms with Gasteiger partial charge in [0.05, 0.1) is 23.0 Å². The van der Waals surface area contributed by atoms with Gasteiger partial charge in [0.1, 0.15) is 6.33 Å². The summed E-state index contributed by atoms with van der Waals surface area (Å²) in [6.45, 7) is 3.16. The Morgan fingerprint density at radius 3 is 2.56 bits per heavy atom. The van der Waals surface area contributed by atoms with Crippen molar-refractivity contribution in [3.8, 4) is 0 Å². The van der Waals surface area contributed by atoms with Gasteiger partial charge in [-0.2, -0.15) is 4.31 Å². The highest BCUT2D eigenvalue weighted by molar-refractivity contribution is 7.89. The maximum atomic E-state index is 12.8. The Morgan fingerprint density at radius 1 is 1.22 bits per heavy atom. The third-order valence-electron chi connectivity index (χ3n) is 6.29. The van der Waals surface area contributed by atoms with Crippen LogP contribution in [0.2, 0.25) is 0 Å². The summed E-state index contributed by atoms with van der Waals surface area (Å²) in [6.07, 6.45) is 2.41. The molecule has 2 aromatic rings. The number of hydrogen-bond donors (Lipinski definition) is 2. The first kappa shape index (κ1) is 25.9. The van der Waals surface area contributed by atoms with Gasteiger partial charge in [-0.15, -0.1) is 0 Å². The molecule has 0 amide bonds. The maximum absolute atomic E-state index is 12.8. The van der Waals surface area contributed by atoms with Crippen LogP contribution in [-0.2, 0) is 24.3 Å². The Kier molecular flexibility index (Phi) is 8.40. The van der Waals surface area contributed by atoms with Crippen LogP contribution >= 0.6 is 0 Å². The van der Waals surface area contributed by atoms with Crippen molar-refractivity contribution in [3.63, 3.8) is 0 Å². The van der Waals surface area contributed by atoms with Crippen LogP contribution in [0.15, 0.2) is 35.5 Å². The van der Waals surface area contributed by atoms with Crippen molar-refractivity contribution in [2.75, 3.05) is 44.7 Å². The molecule has 0 bridgehead atoms. The lowest BCUT2D eigenvalue weighted by Gasteiger charge is -2.26. The second-order valence-corrected chi connectivity index (χ2v) is 10.5. The molecule has 0 spiro atoms. The van der Waals surface area contributed by atoms with Crippen molar-refractivity contribution in [1.82, 2.24) is 19.6 Å². The quantitative estimate of drug-likeness (QED) is 0.266. The average molecular weight is 521 g/mol. The van der Waals surface area contributed by atoms with Crippen molar-refractivity contribution in [2.24, 2.45) is 5.92 Å². The fourth-order valence-corrected chi connectivity index (χ4v) is 5.81. The molecule has 3 heterocycles. The van der Waals surface area contributed by atoms with Crippen molar-refractivity contribution in [3.05, 3.63) is 46.4 Å². The molecule has 4 rings (SSSR count). The van der Waals surface area contributed by atoms with Gasteiger partial charge in [0, 0.05) is 18.8 Å². The molecule has 2 N–H and O–H groups in total. The zero-order valence-corrected chi connectivity index (χ0v) is 20.4. The van der Waals surface area contributed by atoms with E-state index >= 15 is 0 Å². The molecule has 0 radical (unpaired) electrons. The third-order valence-corrected chi connectivity index (χ3v) is 8.20. The Labute approximate surface area is 208 Å². The number of ether oxygens (including phenoxy) is 2. The van der Waals surface area contributed by atoms with Gasteiger partial charge in [-0.25, -0.2) is 18.4 Å². The van der Waals surface area contributed by atoms with E-state index in [-0.39, 0.29) is 41.9 Å². The van der Waals surface area contributed by atoms with Crippen molar-refractivity contribution in [2.45, 2.75) is 30.3 Å². The Balaban J connectivity index is 1.57.